The normalized spacial score (nSPS) is 12.1. The lowest BCUT2D eigenvalue weighted by Gasteiger charge is -2.11. The molecule has 5 heteroatoms. The van der Waals surface area contributed by atoms with E-state index in [1.165, 1.54) is 0 Å². The number of nitrogens with two attached hydrogens (primary N) is 1. The Morgan fingerprint density at radius 3 is 2.53 bits per heavy atom. The van der Waals surface area contributed by atoms with Crippen LogP contribution in [0.15, 0.2) is 0 Å². The highest BCUT2D eigenvalue weighted by Gasteiger charge is 2.20. The van der Waals surface area contributed by atoms with E-state index >= 15 is 0 Å². The Labute approximate surface area is 90.6 Å². The molecule has 2 N–H and O–H groups in total. The molecule has 0 amide bonds. The molecular formula is C10H20N4O. The molecule has 1 rings (SSSR count). The fourth-order valence-electron chi connectivity index (χ4n) is 1.11. The zero-order valence-corrected chi connectivity index (χ0v) is 9.95. The maximum Gasteiger partial charge on any atom is 0.156 e. The van der Waals surface area contributed by atoms with Gasteiger partial charge >= 0.3 is 0 Å². The van der Waals surface area contributed by atoms with E-state index < -0.39 is 0 Å². The second kappa shape index (κ2) is 4.72. The molecule has 0 aliphatic heterocycles. The van der Waals surface area contributed by atoms with Crippen molar-refractivity contribution in [3.8, 4) is 0 Å². The van der Waals surface area contributed by atoms with Crippen LogP contribution in [0.3, 0.4) is 0 Å². The number of aryl methyl sites for hydroxylation is 1. The minimum Gasteiger partial charge on any atom is -0.372 e. The molecule has 0 aromatic carbocycles. The molecule has 0 atom stereocenters. The van der Waals surface area contributed by atoms with Crippen molar-refractivity contribution in [2.45, 2.75) is 32.8 Å². The molecule has 1 aromatic rings. The van der Waals surface area contributed by atoms with Gasteiger partial charge in [0, 0.05) is 19.0 Å². The van der Waals surface area contributed by atoms with Gasteiger partial charge in [0.05, 0.1) is 6.61 Å². The number of rotatable bonds is 4. The Bertz CT molecular complexity index is 314. The summed E-state index contributed by atoms with van der Waals surface area (Å²) < 4.78 is 7.09. The molecule has 0 saturated carbocycles. The lowest BCUT2D eigenvalue weighted by Crippen LogP contribution is -2.13. The second-order valence-corrected chi connectivity index (χ2v) is 4.57. The molecule has 1 heterocycles. The maximum atomic E-state index is 5.34. The van der Waals surface area contributed by atoms with E-state index in [1.54, 1.807) is 4.68 Å². The zero-order valence-electron chi connectivity index (χ0n) is 9.95. The SMILES string of the molecule is Cn1nc(C(C)(C)C)nc1COCCN. The molecule has 1 aromatic heterocycles. The monoisotopic (exact) mass is 212 g/mol. The number of ether oxygens (including phenoxy) is 1. The Morgan fingerprint density at radius 2 is 2.07 bits per heavy atom. The Morgan fingerprint density at radius 1 is 1.40 bits per heavy atom. The van der Waals surface area contributed by atoms with E-state index in [1.807, 2.05) is 7.05 Å². The molecule has 0 spiro atoms. The summed E-state index contributed by atoms with van der Waals surface area (Å²) >= 11 is 0. The first kappa shape index (κ1) is 12.1. The Hall–Kier alpha value is -0.940. The summed E-state index contributed by atoms with van der Waals surface area (Å²) in [4.78, 5) is 4.44. The van der Waals surface area contributed by atoms with Crippen molar-refractivity contribution in [1.29, 1.82) is 0 Å². The van der Waals surface area contributed by atoms with E-state index in [2.05, 4.69) is 30.9 Å². The summed E-state index contributed by atoms with van der Waals surface area (Å²) in [5, 5.41) is 4.35. The molecule has 15 heavy (non-hydrogen) atoms. The van der Waals surface area contributed by atoms with E-state index in [0.29, 0.717) is 19.8 Å². The Kier molecular flexibility index (Phi) is 3.82. The van der Waals surface area contributed by atoms with Crippen molar-refractivity contribution in [2.24, 2.45) is 12.8 Å². The first-order chi connectivity index (χ1) is 6.95. The van der Waals surface area contributed by atoms with Crippen molar-refractivity contribution in [1.82, 2.24) is 14.8 Å². The van der Waals surface area contributed by atoms with Crippen molar-refractivity contribution < 1.29 is 4.74 Å². The van der Waals surface area contributed by atoms with Crippen molar-refractivity contribution in [3.63, 3.8) is 0 Å². The maximum absolute atomic E-state index is 5.34. The highest BCUT2D eigenvalue weighted by atomic mass is 16.5. The first-order valence-electron chi connectivity index (χ1n) is 5.13. The van der Waals surface area contributed by atoms with E-state index in [-0.39, 0.29) is 5.41 Å². The molecule has 86 valence electrons. The summed E-state index contributed by atoms with van der Waals surface area (Å²) in [6.07, 6.45) is 0. The predicted molar refractivity (Wildman–Crippen MR) is 58.4 cm³/mol. The van der Waals surface area contributed by atoms with Gasteiger partial charge in [0.2, 0.25) is 0 Å². The number of hydrogen-bond donors (Lipinski definition) is 1. The topological polar surface area (TPSA) is 66.0 Å². The van der Waals surface area contributed by atoms with Crippen LogP contribution in [0.25, 0.3) is 0 Å². The van der Waals surface area contributed by atoms with E-state index in [0.717, 1.165) is 11.6 Å². The minimum absolute atomic E-state index is 0.0239. The summed E-state index contributed by atoms with van der Waals surface area (Å²) in [5.41, 5.74) is 5.31. The van der Waals surface area contributed by atoms with Crippen LogP contribution in [0, 0.1) is 0 Å². The molecule has 0 unspecified atom stereocenters. The van der Waals surface area contributed by atoms with Gasteiger partial charge in [-0.05, 0) is 0 Å². The van der Waals surface area contributed by atoms with Gasteiger partial charge in [-0.15, -0.1) is 0 Å². The fourth-order valence-corrected chi connectivity index (χ4v) is 1.11. The largest absolute Gasteiger partial charge is 0.372 e. The minimum atomic E-state index is -0.0239. The molecule has 0 aliphatic rings. The molecule has 0 fully saturated rings. The average Bonchev–Trinajstić information content (AvgIpc) is 2.48. The predicted octanol–water partition coefficient (Wildman–Crippen LogP) is 0.588. The van der Waals surface area contributed by atoms with Gasteiger partial charge in [-0.25, -0.2) is 4.98 Å². The summed E-state index contributed by atoms with van der Waals surface area (Å²) in [6.45, 7) is 7.82. The van der Waals surface area contributed by atoms with Crippen molar-refractivity contribution >= 4 is 0 Å². The van der Waals surface area contributed by atoms with E-state index in [9.17, 15) is 0 Å². The van der Waals surface area contributed by atoms with Crippen LogP contribution in [-0.4, -0.2) is 27.9 Å². The van der Waals surface area contributed by atoms with E-state index in [4.69, 9.17) is 10.5 Å². The van der Waals surface area contributed by atoms with Crippen LogP contribution in [0.4, 0.5) is 0 Å². The molecule has 0 bridgehead atoms. The Balaban J connectivity index is 2.69. The highest BCUT2D eigenvalue weighted by molar-refractivity contribution is 5.02. The second-order valence-electron chi connectivity index (χ2n) is 4.57. The highest BCUT2D eigenvalue weighted by Crippen LogP contribution is 2.18. The average molecular weight is 212 g/mol. The van der Waals surface area contributed by atoms with Gasteiger partial charge < -0.3 is 10.5 Å². The number of hydrogen-bond acceptors (Lipinski definition) is 4. The van der Waals surface area contributed by atoms with Crippen LogP contribution >= 0.6 is 0 Å². The van der Waals surface area contributed by atoms with Gasteiger partial charge in [-0.3, -0.25) is 4.68 Å². The fraction of sp³-hybridized carbons (Fsp3) is 0.800. The van der Waals surface area contributed by atoms with Gasteiger partial charge in [0.15, 0.2) is 11.6 Å². The molecule has 5 nitrogen and oxygen atoms in total. The first-order valence-corrected chi connectivity index (χ1v) is 5.13. The van der Waals surface area contributed by atoms with Crippen LogP contribution in [0.5, 0.6) is 0 Å². The third-order valence-corrected chi connectivity index (χ3v) is 2.02. The third-order valence-electron chi connectivity index (χ3n) is 2.02. The van der Waals surface area contributed by atoms with Crippen LogP contribution in [0.1, 0.15) is 32.4 Å². The van der Waals surface area contributed by atoms with Crippen molar-refractivity contribution in [2.75, 3.05) is 13.2 Å². The molecule has 0 saturated heterocycles. The van der Waals surface area contributed by atoms with Gasteiger partial charge in [0.1, 0.15) is 6.61 Å². The summed E-state index contributed by atoms with van der Waals surface area (Å²) in [5.74, 6) is 1.68. The van der Waals surface area contributed by atoms with Gasteiger partial charge in [0.25, 0.3) is 0 Å². The molecular weight excluding hydrogens is 192 g/mol. The number of nitrogens with zero attached hydrogens (tertiary/aromatic N) is 3. The van der Waals surface area contributed by atoms with Gasteiger partial charge in [-0.2, -0.15) is 5.10 Å². The quantitative estimate of drug-likeness (QED) is 0.742. The standard InChI is InChI=1S/C10H20N4O/c1-10(2,3)9-12-8(14(4)13-9)7-15-6-5-11/h5-7,11H2,1-4H3. The third kappa shape index (κ3) is 3.28. The summed E-state index contributed by atoms with van der Waals surface area (Å²) in [6, 6.07) is 0. The smallest absolute Gasteiger partial charge is 0.156 e. The lowest BCUT2D eigenvalue weighted by molar-refractivity contribution is 0.120. The van der Waals surface area contributed by atoms with Crippen molar-refractivity contribution in [3.05, 3.63) is 11.6 Å². The van der Waals surface area contributed by atoms with Crippen LogP contribution < -0.4 is 5.73 Å². The molecule has 0 radical (unpaired) electrons. The van der Waals surface area contributed by atoms with Crippen LogP contribution in [-0.2, 0) is 23.8 Å². The van der Waals surface area contributed by atoms with Gasteiger partial charge in [-0.1, -0.05) is 20.8 Å². The number of aromatic nitrogens is 3. The summed E-state index contributed by atoms with van der Waals surface area (Å²) in [7, 11) is 1.88. The van der Waals surface area contributed by atoms with Crippen LogP contribution in [0.2, 0.25) is 0 Å². The molecule has 0 aliphatic carbocycles. The zero-order chi connectivity index (χ0) is 11.5. The lowest BCUT2D eigenvalue weighted by atomic mass is 9.96.